The number of esters is 1. The van der Waals surface area contributed by atoms with E-state index in [2.05, 4.69) is 93.5 Å². The number of allylic oxidation sites excluding steroid dienone is 2. The van der Waals surface area contributed by atoms with Crippen molar-refractivity contribution in [1.82, 2.24) is 0 Å². The fourth-order valence-corrected chi connectivity index (χ4v) is 10.6. The Morgan fingerprint density at radius 3 is 1.41 bits per heavy atom. The van der Waals surface area contributed by atoms with Gasteiger partial charge in [0, 0.05) is 34.8 Å². The minimum atomic E-state index is -0.750. The van der Waals surface area contributed by atoms with Crippen LogP contribution in [0.25, 0.3) is 0 Å². The fourth-order valence-electron chi connectivity index (χ4n) is 10.6. The summed E-state index contributed by atoms with van der Waals surface area (Å²) in [6.07, 6.45) is 19.8. The number of aliphatic hydroxyl groups is 1. The van der Waals surface area contributed by atoms with Gasteiger partial charge in [0.2, 0.25) is 0 Å². The maximum absolute atomic E-state index is 12.3. The molecule has 2 aromatic carbocycles. The third kappa shape index (κ3) is 16.3. The van der Waals surface area contributed by atoms with E-state index in [-0.39, 0.29) is 104 Å². The number of carbonyl (C=O) groups is 1. The predicted molar refractivity (Wildman–Crippen MR) is 274 cm³/mol. The summed E-state index contributed by atoms with van der Waals surface area (Å²) in [5.74, 6) is 3.09. The number of hydrogen-bond donors (Lipinski definition) is 3. The molecular weight excluding hydrogens is 876 g/mol. The summed E-state index contributed by atoms with van der Waals surface area (Å²) in [6.45, 7) is 33.1. The van der Waals surface area contributed by atoms with Crippen molar-refractivity contribution in [1.29, 1.82) is 0 Å². The number of phenolic OH excluding ortho intramolecular Hbond substituents is 2. The van der Waals surface area contributed by atoms with Crippen LogP contribution < -0.4 is 66.0 Å². The van der Waals surface area contributed by atoms with Gasteiger partial charge in [-0.1, -0.05) is 126 Å². The van der Waals surface area contributed by atoms with Crippen LogP contribution in [0.5, 0.6) is 23.0 Å². The second-order valence-corrected chi connectivity index (χ2v) is 24.7. The maximum Gasteiger partial charge on any atom is 1.00 e. The summed E-state index contributed by atoms with van der Waals surface area (Å²) >= 11 is 0. The number of unbranched alkanes of at least 4 members (excludes halogenated alkanes) is 6. The molecule has 0 bridgehead atoms. The SMILES string of the molecule is CC(C)(C)[O-].CCCCCCC(C)(C)c1cc(O)c2c(c1)OC(C)(C)[C@H]1CC=C(CO)C[C@H]21.CCCCCCC(C)(C)c1cc(O)c2c(c1)OC(C)(C)[C@H]1CC=C(COC(=O)C(C)(C)C)C[C@H]21.[K+]. The van der Waals surface area contributed by atoms with E-state index in [4.69, 9.17) is 14.2 Å². The van der Waals surface area contributed by atoms with E-state index in [0.717, 1.165) is 83.4 Å². The molecule has 0 unspecified atom stereocenters. The molecule has 2 aromatic rings. The number of aromatic hydroxyl groups is 2. The first-order valence-corrected chi connectivity index (χ1v) is 25.9. The third-order valence-corrected chi connectivity index (χ3v) is 14.8. The molecule has 9 heteroatoms. The average molecular weight is 969 g/mol. The van der Waals surface area contributed by atoms with Crippen LogP contribution in [-0.2, 0) is 20.4 Å². The van der Waals surface area contributed by atoms with Gasteiger partial charge < -0.3 is 34.6 Å². The van der Waals surface area contributed by atoms with Crippen LogP contribution in [0.1, 0.15) is 235 Å². The first-order chi connectivity index (χ1) is 31.0. The molecule has 8 nitrogen and oxygen atoms in total. The van der Waals surface area contributed by atoms with E-state index >= 15 is 0 Å². The van der Waals surface area contributed by atoms with Crippen molar-refractivity contribution in [3.63, 3.8) is 0 Å². The molecule has 6 rings (SSSR count). The van der Waals surface area contributed by atoms with E-state index in [1.807, 2.05) is 32.9 Å². The molecule has 0 amide bonds. The number of hydrogen-bond acceptors (Lipinski definition) is 8. The quantitative estimate of drug-likeness (QED) is 0.0697. The van der Waals surface area contributed by atoms with Crippen molar-refractivity contribution < 1.29 is 90.8 Å². The molecule has 0 radical (unpaired) electrons. The van der Waals surface area contributed by atoms with Gasteiger partial charge in [-0.05, 0) is 144 Å². The number of aliphatic hydroxyl groups excluding tert-OH is 1. The second-order valence-electron chi connectivity index (χ2n) is 24.7. The van der Waals surface area contributed by atoms with E-state index in [1.54, 1.807) is 20.8 Å². The number of carbonyl (C=O) groups excluding carboxylic acids is 1. The number of ether oxygens (including phenoxy) is 3. The Kier molecular flexibility index (Phi) is 22.0. The third-order valence-electron chi connectivity index (χ3n) is 14.8. The van der Waals surface area contributed by atoms with Gasteiger partial charge in [-0.2, -0.15) is 0 Å². The standard InChI is InChI=1S/C30H46O4.C25H38O3.C4H9O.K/c1-9-10-11-12-15-29(5,6)21-17-24(31)26-22-16-20(19-33-27(32)28(2,3)4)13-14-23(22)30(7,8)34-25(26)18-21;1-6-7-8-9-12-24(2,3)18-14-21(27)23-19-13-17(16-26)10-11-20(19)25(4,5)28-22(23)15-18;1-4(2,3)5;/h13,17-18,22-23,31H,9-12,14-16,19H2,1-8H3;10,14-15,19-20,26-27H,6-9,11-13,16H2,1-5H3;1-3H3;/q;;-1;+1/t22-,23-;19-,20-;;/m00../s1. The summed E-state index contributed by atoms with van der Waals surface area (Å²) < 4.78 is 18.6. The number of rotatable bonds is 15. The van der Waals surface area contributed by atoms with Gasteiger partial charge in [-0.25, -0.2) is 0 Å². The summed E-state index contributed by atoms with van der Waals surface area (Å²) in [6, 6.07) is 8.28. The Morgan fingerprint density at radius 2 is 1.04 bits per heavy atom. The van der Waals surface area contributed by atoms with Gasteiger partial charge in [-0.15, -0.1) is 5.60 Å². The van der Waals surface area contributed by atoms with Crippen molar-refractivity contribution >= 4 is 5.97 Å². The molecular formula is C59H93KO8. The second kappa shape index (κ2) is 24.7. The summed E-state index contributed by atoms with van der Waals surface area (Å²) in [4.78, 5) is 12.3. The van der Waals surface area contributed by atoms with Crippen LogP contribution in [0.2, 0.25) is 0 Å². The van der Waals surface area contributed by atoms with E-state index in [9.17, 15) is 25.2 Å². The molecule has 0 fully saturated rings. The van der Waals surface area contributed by atoms with Crippen molar-refractivity contribution in [3.8, 4) is 23.0 Å². The summed E-state index contributed by atoms with van der Waals surface area (Å²) in [5.41, 5.74) is 4.45. The summed E-state index contributed by atoms with van der Waals surface area (Å²) in [5, 5.41) is 42.0. The van der Waals surface area contributed by atoms with Crippen LogP contribution in [0.4, 0.5) is 0 Å². The molecule has 378 valence electrons. The average Bonchev–Trinajstić information content (AvgIpc) is 3.21. The largest absolute Gasteiger partial charge is 1.00 e. The molecule has 68 heavy (non-hydrogen) atoms. The van der Waals surface area contributed by atoms with Crippen LogP contribution in [0, 0.1) is 17.3 Å². The minimum absolute atomic E-state index is 0. The molecule has 3 N–H and O–H groups in total. The predicted octanol–water partition coefficient (Wildman–Crippen LogP) is 11.2. The Morgan fingerprint density at radius 1 is 0.662 bits per heavy atom. The smallest absolute Gasteiger partial charge is 0.850 e. The Labute approximate surface area is 456 Å². The Bertz CT molecular complexity index is 2020. The Balaban J connectivity index is 0.000000328. The molecule has 2 aliphatic heterocycles. The van der Waals surface area contributed by atoms with Gasteiger partial charge in [0.1, 0.15) is 40.8 Å². The van der Waals surface area contributed by atoms with Gasteiger partial charge in [-0.3, -0.25) is 4.79 Å². The molecule has 0 spiro atoms. The molecule has 0 saturated heterocycles. The van der Waals surface area contributed by atoms with Crippen molar-refractivity contribution in [3.05, 3.63) is 69.8 Å². The van der Waals surface area contributed by atoms with Gasteiger partial charge >= 0.3 is 57.4 Å². The monoisotopic (exact) mass is 969 g/mol. The Hall–Kier alpha value is -1.85. The molecule has 0 saturated carbocycles. The first-order valence-electron chi connectivity index (χ1n) is 25.9. The molecule has 4 atom stereocenters. The van der Waals surface area contributed by atoms with Crippen LogP contribution in [-0.4, -0.2) is 51.3 Å². The van der Waals surface area contributed by atoms with E-state index < -0.39 is 11.0 Å². The van der Waals surface area contributed by atoms with E-state index in [1.165, 1.54) is 51.4 Å². The van der Waals surface area contributed by atoms with Gasteiger partial charge in [0.05, 0.1) is 12.0 Å². The molecule has 2 aliphatic carbocycles. The fraction of sp³-hybridized carbons (Fsp3) is 0.712. The zero-order valence-corrected chi connectivity index (χ0v) is 49.1. The van der Waals surface area contributed by atoms with Gasteiger partial charge in [0.25, 0.3) is 0 Å². The minimum Gasteiger partial charge on any atom is -0.850 e. The van der Waals surface area contributed by atoms with Crippen molar-refractivity contribution in [2.45, 2.75) is 240 Å². The van der Waals surface area contributed by atoms with Crippen LogP contribution in [0.3, 0.4) is 0 Å². The zero-order valence-electron chi connectivity index (χ0n) is 46.0. The molecule has 0 aromatic heterocycles. The molecule has 2 heterocycles. The normalized spacial score (nSPS) is 21.4. The topological polar surface area (TPSA) is 129 Å². The van der Waals surface area contributed by atoms with Crippen LogP contribution >= 0.6 is 0 Å². The van der Waals surface area contributed by atoms with Gasteiger partial charge in [0.15, 0.2) is 0 Å². The van der Waals surface area contributed by atoms with Crippen molar-refractivity contribution in [2.75, 3.05) is 13.2 Å². The number of phenols is 2. The maximum atomic E-state index is 12.3. The number of benzene rings is 2. The van der Waals surface area contributed by atoms with Crippen LogP contribution in [0.15, 0.2) is 47.6 Å². The summed E-state index contributed by atoms with van der Waals surface area (Å²) in [7, 11) is 0. The zero-order chi connectivity index (χ0) is 50.3. The molecule has 4 aliphatic rings. The number of fused-ring (bicyclic) bond motifs is 6. The van der Waals surface area contributed by atoms with E-state index in [0.29, 0.717) is 24.0 Å². The first kappa shape index (κ1) is 60.5. The van der Waals surface area contributed by atoms with Crippen molar-refractivity contribution in [2.24, 2.45) is 17.3 Å².